The van der Waals surface area contributed by atoms with Gasteiger partial charge in [0, 0.05) is 6.42 Å². The second kappa shape index (κ2) is 12.2. The van der Waals surface area contributed by atoms with Crippen molar-refractivity contribution in [3.63, 3.8) is 0 Å². The highest BCUT2D eigenvalue weighted by molar-refractivity contribution is 5.84. The second-order valence-electron chi connectivity index (χ2n) is 8.64. The monoisotopic (exact) mass is 408 g/mol. The molecule has 1 aliphatic carbocycles. The molecule has 29 heavy (non-hydrogen) atoms. The molecule has 2 rings (SSSR count). The van der Waals surface area contributed by atoms with Crippen LogP contribution in [0.1, 0.15) is 85.5 Å². The van der Waals surface area contributed by atoms with Gasteiger partial charge < -0.3 is 14.2 Å². The van der Waals surface area contributed by atoms with Crippen LogP contribution in [0.2, 0.25) is 0 Å². The molecule has 0 aromatic heterocycles. The quantitative estimate of drug-likeness (QED) is 0.283. The maximum Gasteiger partial charge on any atom is 0.313 e. The molecule has 2 aliphatic rings. The average Bonchev–Trinajstić information content (AvgIpc) is 3.51. The van der Waals surface area contributed by atoms with Gasteiger partial charge in [0.15, 0.2) is 6.10 Å². The predicted octanol–water partition coefficient (Wildman–Crippen LogP) is 5.42. The zero-order valence-corrected chi connectivity index (χ0v) is 18.8. The van der Waals surface area contributed by atoms with Gasteiger partial charge in [-0.1, -0.05) is 66.2 Å². The zero-order chi connectivity index (χ0) is 21.2. The lowest BCUT2D eigenvalue weighted by Crippen LogP contribution is -2.35. The highest BCUT2D eigenvalue weighted by atomic mass is 16.6. The fourth-order valence-electron chi connectivity index (χ4n) is 3.99. The van der Waals surface area contributed by atoms with E-state index in [0.717, 1.165) is 57.1 Å². The SMILES string of the molecule is CCCCC(CC)COC(=O)C1C=C2OC2CC1C(=O)OCC(CC)CCCC. The molecule has 0 saturated carbocycles. The smallest absolute Gasteiger partial charge is 0.313 e. The number of rotatable bonds is 14. The first kappa shape index (κ1) is 23.8. The standard InChI is InChI=1S/C24H40O5/c1-5-9-11-17(7-3)15-27-23(25)19-13-21-22(29-21)14-20(19)24(26)28-16-18(8-4)12-10-6-2/h13,17-20,22H,5-12,14-16H2,1-4H3. The van der Waals surface area contributed by atoms with E-state index < -0.39 is 11.8 Å². The summed E-state index contributed by atoms with van der Waals surface area (Å²) in [5.74, 6) is -0.0984. The van der Waals surface area contributed by atoms with Crippen LogP contribution in [0.4, 0.5) is 0 Å². The number of unbranched alkanes of at least 4 members (excludes halogenated alkanes) is 2. The van der Waals surface area contributed by atoms with E-state index in [4.69, 9.17) is 14.2 Å². The average molecular weight is 409 g/mol. The summed E-state index contributed by atoms with van der Waals surface area (Å²) in [5, 5.41) is 0. The van der Waals surface area contributed by atoms with Crippen molar-refractivity contribution in [3.8, 4) is 0 Å². The molecule has 0 spiro atoms. The molecule has 1 heterocycles. The molecule has 0 aromatic rings. The Bertz CT molecular complexity index is 555. The van der Waals surface area contributed by atoms with Crippen molar-refractivity contribution < 1.29 is 23.8 Å². The Morgan fingerprint density at radius 1 is 0.966 bits per heavy atom. The topological polar surface area (TPSA) is 65.1 Å². The molecule has 1 aliphatic heterocycles. The summed E-state index contributed by atoms with van der Waals surface area (Å²) in [5.41, 5.74) is 0. The maximum absolute atomic E-state index is 12.8. The van der Waals surface area contributed by atoms with E-state index in [-0.39, 0.29) is 18.0 Å². The van der Waals surface area contributed by atoms with E-state index in [2.05, 4.69) is 27.7 Å². The molecule has 0 bridgehead atoms. The lowest BCUT2D eigenvalue weighted by molar-refractivity contribution is -0.161. The predicted molar refractivity (Wildman–Crippen MR) is 113 cm³/mol. The van der Waals surface area contributed by atoms with Crippen molar-refractivity contribution in [2.24, 2.45) is 23.7 Å². The van der Waals surface area contributed by atoms with Crippen LogP contribution < -0.4 is 0 Å². The summed E-state index contributed by atoms with van der Waals surface area (Å²) in [7, 11) is 0. The van der Waals surface area contributed by atoms with Crippen LogP contribution in [0, 0.1) is 23.7 Å². The van der Waals surface area contributed by atoms with Crippen molar-refractivity contribution >= 4 is 11.9 Å². The van der Waals surface area contributed by atoms with E-state index in [0.29, 0.717) is 31.5 Å². The summed E-state index contributed by atoms with van der Waals surface area (Å²) in [6, 6.07) is 0. The van der Waals surface area contributed by atoms with E-state index >= 15 is 0 Å². The molecule has 5 heteroatoms. The molecule has 5 nitrogen and oxygen atoms in total. The molecule has 5 unspecified atom stereocenters. The van der Waals surface area contributed by atoms with Crippen LogP contribution >= 0.6 is 0 Å². The first-order valence-electron chi connectivity index (χ1n) is 11.7. The number of hydrogen-bond donors (Lipinski definition) is 0. The van der Waals surface area contributed by atoms with Gasteiger partial charge in [-0.3, -0.25) is 9.59 Å². The van der Waals surface area contributed by atoms with E-state index in [1.54, 1.807) is 6.08 Å². The maximum atomic E-state index is 12.8. The highest BCUT2D eigenvalue weighted by Gasteiger charge is 2.49. The Balaban J connectivity index is 1.90. The van der Waals surface area contributed by atoms with Crippen LogP contribution in [-0.4, -0.2) is 31.3 Å². The molecule has 0 N–H and O–H groups in total. The number of carbonyl (C=O) groups excluding carboxylic acids is 2. The lowest BCUT2D eigenvalue weighted by Gasteiger charge is -2.24. The van der Waals surface area contributed by atoms with Gasteiger partial charge in [-0.15, -0.1) is 0 Å². The summed E-state index contributed by atoms with van der Waals surface area (Å²) in [4.78, 5) is 25.6. The minimum atomic E-state index is -0.587. The van der Waals surface area contributed by atoms with Gasteiger partial charge in [0.1, 0.15) is 5.76 Å². The van der Waals surface area contributed by atoms with Crippen LogP contribution in [0.5, 0.6) is 0 Å². The molecule has 1 fully saturated rings. The van der Waals surface area contributed by atoms with Gasteiger partial charge in [0.25, 0.3) is 0 Å². The van der Waals surface area contributed by atoms with Crippen molar-refractivity contribution in [1.29, 1.82) is 0 Å². The number of esters is 2. The molecular weight excluding hydrogens is 368 g/mol. The number of ether oxygens (including phenoxy) is 3. The molecular formula is C24H40O5. The molecule has 166 valence electrons. The van der Waals surface area contributed by atoms with Crippen LogP contribution in [0.15, 0.2) is 11.8 Å². The van der Waals surface area contributed by atoms with Crippen LogP contribution in [-0.2, 0) is 23.8 Å². The summed E-state index contributed by atoms with van der Waals surface area (Å²) >= 11 is 0. The largest absolute Gasteiger partial charge is 0.483 e. The molecule has 1 saturated heterocycles. The number of carbonyl (C=O) groups is 2. The fraction of sp³-hybridized carbons (Fsp3) is 0.833. The van der Waals surface area contributed by atoms with Gasteiger partial charge >= 0.3 is 11.9 Å². The third-order valence-electron chi connectivity index (χ3n) is 6.37. The first-order chi connectivity index (χ1) is 14.0. The third kappa shape index (κ3) is 7.35. The molecule has 0 aromatic carbocycles. The Hall–Kier alpha value is -1.52. The number of fused-ring (bicyclic) bond motifs is 1. The minimum absolute atomic E-state index is 0.0217. The van der Waals surface area contributed by atoms with Crippen LogP contribution in [0.25, 0.3) is 0 Å². The molecule has 0 radical (unpaired) electrons. The van der Waals surface area contributed by atoms with E-state index in [9.17, 15) is 9.59 Å². The fourth-order valence-corrected chi connectivity index (χ4v) is 3.99. The molecule has 0 amide bonds. The Morgan fingerprint density at radius 3 is 2.03 bits per heavy atom. The van der Waals surface area contributed by atoms with Crippen molar-refractivity contribution in [1.82, 2.24) is 0 Å². The summed E-state index contributed by atoms with van der Waals surface area (Å²) in [6.45, 7) is 9.45. The van der Waals surface area contributed by atoms with Gasteiger partial charge in [-0.05, 0) is 30.8 Å². The lowest BCUT2D eigenvalue weighted by atomic mass is 9.84. The summed E-state index contributed by atoms with van der Waals surface area (Å²) < 4.78 is 16.8. The van der Waals surface area contributed by atoms with Gasteiger partial charge in [-0.2, -0.15) is 0 Å². The van der Waals surface area contributed by atoms with Crippen molar-refractivity contribution in [3.05, 3.63) is 11.8 Å². The van der Waals surface area contributed by atoms with Crippen molar-refractivity contribution in [2.45, 2.75) is 91.6 Å². The van der Waals surface area contributed by atoms with E-state index in [1.165, 1.54) is 0 Å². The summed E-state index contributed by atoms with van der Waals surface area (Å²) in [6.07, 6.45) is 11.0. The van der Waals surface area contributed by atoms with Gasteiger partial charge in [0.05, 0.1) is 25.0 Å². The Labute approximate surface area is 176 Å². The minimum Gasteiger partial charge on any atom is -0.483 e. The number of hydrogen-bond acceptors (Lipinski definition) is 5. The highest BCUT2D eigenvalue weighted by Crippen LogP contribution is 2.42. The van der Waals surface area contributed by atoms with Crippen LogP contribution in [0.3, 0.4) is 0 Å². The zero-order valence-electron chi connectivity index (χ0n) is 18.8. The van der Waals surface area contributed by atoms with Crippen molar-refractivity contribution in [2.75, 3.05) is 13.2 Å². The van der Waals surface area contributed by atoms with Gasteiger partial charge in [-0.25, -0.2) is 0 Å². The normalized spacial score (nSPS) is 24.6. The number of epoxide rings is 1. The Morgan fingerprint density at radius 2 is 1.52 bits per heavy atom. The van der Waals surface area contributed by atoms with E-state index in [1.807, 2.05) is 0 Å². The third-order valence-corrected chi connectivity index (χ3v) is 6.37. The Kier molecular flexibility index (Phi) is 10.0. The van der Waals surface area contributed by atoms with Gasteiger partial charge in [0.2, 0.25) is 0 Å². The second-order valence-corrected chi connectivity index (χ2v) is 8.64. The first-order valence-corrected chi connectivity index (χ1v) is 11.7. The molecule has 5 atom stereocenters.